The summed E-state index contributed by atoms with van der Waals surface area (Å²) in [6, 6.07) is 13.6. The van der Waals surface area contributed by atoms with Gasteiger partial charge in [0.15, 0.2) is 0 Å². The van der Waals surface area contributed by atoms with E-state index in [0.29, 0.717) is 12.0 Å². The lowest BCUT2D eigenvalue weighted by Crippen LogP contribution is -2.36. The van der Waals surface area contributed by atoms with Crippen LogP contribution >= 0.6 is 0 Å². The van der Waals surface area contributed by atoms with Gasteiger partial charge in [-0.2, -0.15) is 0 Å². The zero-order valence-corrected chi connectivity index (χ0v) is 20.6. The van der Waals surface area contributed by atoms with E-state index in [9.17, 15) is 9.90 Å². The van der Waals surface area contributed by atoms with E-state index in [1.165, 1.54) is 47.9 Å². The molecule has 176 valence electrons. The van der Waals surface area contributed by atoms with Crippen LogP contribution in [0.25, 0.3) is 12.2 Å². The van der Waals surface area contributed by atoms with E-state index in [4.69, 9.17) is 0 Å². The molecule has 1 unspecified atom stereocenters. The smallest absolute Gasteiger partial charge is 0.335 e. The third-order valence-corrected chi connectivity index (χ3v) is 7.34. The molecule has 1 N–H and O–H groups in total. The molecule has 34 heavy (non-hydrogen) atoms. The fourth-order valence-electron chi connectivity index (χ4n) is 5.21. The van der Waals surface area contributed by atoms with Crippen LogP contribution in [0.4, 0.5) is 0 Å². The molecule has 0 fully saturated rings. The minimum absolute atomic E-state index is 0.121. The van der Waals surface area contributed by atoms with Gasteiger partial charge in [0.2, 0.25) is 0 Å². The SMILES string of the molecule is CCCC1(C)CCC(C)(C)c2cc(/C=C/c3ccc(C(=O)O)cc3)c(Cc3ncccn3)cc21. The van der Waals surface area contributed by atoms with Crippen molar-refractivity contribution in [2.24, 2.45) is 0 Å². The third kappa shape index (κ3) is 4.96. The maximum Gasteiger partial charge on any atom is 0.335 e. The summed E-state index contributed by atoms with van der Waals surface area (Å²) >= 11 is 0. The van der Waals surface area contributed by atoms with Gasteiger partial charge in [-0.25, -0.2) is 14.8 Å². The van der Waals surface area contributed by atoms with E-state index in [1.807, 2.05) is 18.2 Å². The topological polar surface area (TPSA) is 63.1 Å². The lowest BCUT2D eigenvalue weighted by Gasteiger charge is -2.44. The van der Waals surface area contributed by atoms with Crippen molar-refractivity contribution in [1.29, 1.82) is 0 Å². The Kier molecular flexibility index (Phi) is 6.70. The van der Waals surface area contributed by atoms with Gasteiger partial charge in [0.05, 0.1) is 5.56 Å². The molecule has 1 atom stereocenters. The molecule has 0 spiro atoms. The molecule has 1 aliphatic rings. The standard InChI is InChI=1S/C30H34N2O2/c1-5-13-30(4)15-14-29(2,3)25-18-23(12-9-21-7-10-22(11-8-21)28(33)34)24(19-26(25)30)20-27-31-16-6-17-32-27/h6-12,16-19H,5,13-15,20H2,1-4H3,(H,33,34)/b12-9+. The first-order valence-corrected chi connectivity index (χ1v) is 12.2. The van der Waals surface area contributed by atoms with Crippen molar-refractivity contribution in [2.75, 3.05) is 0 Å². The number of aromatic nitrogens is 2. The normalized spacial score (nSPS) is 19.2. The fraction of sp³-hybridized carbons (Fsp3) is 0.367. The molecule has 4 rings (SSSR count). The summed E-state index contributed by atoms with van der Waals surface area (Å²) in [6.45, 7) is 9.41. The van der Waals surface area contributed by atoms with Crippen LogP contribution in [0, 0.1) is 0 Å². The maximum atomic E-state index is 11.2. The van der Waals surface area contributed by atoms with E-state index < -0.39 is 5.97 Å². The number of hydrogen-bond donors (Lipinski definition) is 1. The van der Waals surface area contributed by atoms with E-state index in [0.717, 1.165) is 11.4 Å². The Morgan fingerprint density at radius 1 is 1.00 bits per heavy atom. The Balaban J connectivity index is 1.81. The first kappa shape index (κ1) is 23.9. The Morgan fingerprint density at radius 2 is 1.71 bits per heavy atom. The molecule has 0 radical (unpaired) electrons. The van der Waals surface area contributed by atoms with Crippen molar-refractivity contribution in [3.8, 4) is 0 Å². The molecule has 3 aromatic rings. The van der Waals surface area contributed by atoms with E-state index >= 15 is 0 Å². The summed E-state index contributed by atoms with van der Waals surface area (Å²) < 4.78 is 0. The van der Waals surface area contributed by atoms with Crippen molar-refractivity contribution in [3.05, 3.63) is 94.1 Å². The summed E-state index contributed by atoms with van der Waals surface area (Å²) in [5, 5.41) is 9.17. The number of rotatable bonds is 7. The van der Waals surface area contributed by atoms with Crippen LogP contribution in [0.1, 0.15) is 97.4 Å². The highest BCUT2D eigenvalue weighted by atomic mass is 16.4. The van der Waals surface area contributed by atoms with Gasteiger partial charge >= 0.3 is 5.97 Å². The average molecular weight is 455 g/mol. The van der Waals surface area contributed by atoms with Crippen molar-refractivity contribution in [2.45, 2.75) is 70.6 Å². The minimum atomic E-state index is -0.910. The second-order valence-electron chi connectivity index (χ2n) is 10.4. The van der Waals surface area contributed by atoms with Crippen LogP contribution in [-0.2, 0) is 17.3 Å². The largest absolute Gasteiger partial charge is 0.478 e. The molecule has 0 aliphatic heterocycles. The van der Waals surface area contributed by atoms with Crippen LogP contribution in [-0.4, -0.2) is 21.0 Å². The van der Waals surface area contributed by atoms with E-state index in [2.05, 4.69) is 61.9 Å². The molecule has 4 heteroatoms. The van der Waals surface area contributed by atoms with E-state index in [1.54, 1.807) is 24.5 Å². The van der Waals surface area contributed by atoms with Gasteiger partial charge in [-0.05, 0) is 76.1 Å². The highest BCUT2D eigenvalue weighted by Crippen LogP contribution is 2.49. The lowest BCUT2D eigenvalue weighted by atomic mass is 9.60. The monoisotopic (exact) mass is 454 g/mol. The van der Waals surface area contributed by atoms with Gasteiger partial charge in [0, 0.05) is 18.8 Å². The summed E-state index contributed by atoms with van der Waals surface area (Å²) in [7, 11) is 0. The molecule has 1 heterocycles. The second-order valence-corrected chi connectivity index (χ2v) is 10.4. The number of nitrogens with zero attached hydrogens (tertiary/aromatic N) is 2. The van der Waals surface area contributed by atoms with Crippen LogP contribution < -0.4 is 0 Å². The zero-order valence-electron chi connectivity index (χ0n) is 20.6. The maximum absolute atomic E-state index is 11.2. The van der Waals surface area contributed by atoms with Crippen LogP contribution in [0.3, 0.4) is 0 Å². The molecule has 0 saturated carbocycles. The molecule has 4 nitrogen and oxygen atoms in total. The number of carbonyl (C=O) groups is 1. The summed E-state index contributed by atoms with van der Waals surface area (Å²) in [4.78, 5) is 20.1. The lowest BCUT2D eigenvalue weighted by molar-refractivity contribution is 0.0697. The van der Waals surface area contributed by atoms with E-state index in [-0.39, 0.29) is 10.8 Å². The van der Waals surface area contributed by atoms with Gasteiger partial charge in [0.25, 0.3) is 0 Å². The number of carboxylic acids is 1. The molecular formula is C30H34N2O2. The Bertz CT molecular complexity index is 1200. The molecular weight excluding hydrogens is 420 g/mol. The number of benzene rings is 2. The molecule has 0 saturated heterocycles. The van der Waals surface area contributed by atoms with Crippen molar-refractivity contribution < 1.29 is 9.90 Å². The number of fused-ring (bicyclic) bond motifs is 1. The average Bonchev–Trinajstić information content (AvgIpc) is 2.82. The molecule has 1 aliphatic carbocycles. The van der Waals surface area contributed by atoms with Gasteiger partial charge in [-0.3, -0.25) is 0 Å². The Morgan fingerprint density at radius 3 is 2.35 bits per heavy atom. The minimum Gasteiger partial charge on any atom is -0.478 e. The van der Waals surface area contributed by atoms with Gasteiger partial charge in [0.1, 0.15) is 5.82 Å². The summed E-state index contributed by atoms with van der Waals surface area (Å²) in [6.07, 6.45) is 13.2. The first-order valence-electron chi connectivity index (χ1n) is 12.2. The summed E-state index contributed by atoms with van der Waals surface area (Å²) in [5.41, 5.74) is 6.87. The zero-order chi connectivity index (χ0) is 24.3. The predicted octanol–water partition coefficient (Wildman–Crippen LogP) is 7.07. The number of aromatic carboxylic acids is 1. The van der Waals surface area contributed by atoms with Gasteiger partial charge < -0.3 is 5.11 Å². The van der Waals surface area contributed by atoms with Gasteiger partial charge in [-0.1, -0.05) is 70.5 Å². The molecule has 0 amide bonds. The third-order valence-electron chi connectivity index (χ3n) is 7.34. The fourth-order valence-corrected chi connectivity index (χ4v) is 5.21. The second kappa shape index (κ2) is 9.54. The highest BCUT2D eigenvalue weighted by Gasteiger charge is 2.39. The Hall–Kier alpha value is -3.27. The number of hydrogen-bond acceptors (Lipinski definition) is 3. The first-order chi connectivity index (χ1) is 16.2. The van der Waals surface area contributed by atoms with Crippen LogP contribution in [0.5, 0.6) is 0 Å². The molecule has 1 aromatic heterocycles. The van der Waals surface area contributed by atoms with Crippen LogP contribution in [0.15, 0.2) is 54.9 Å². The van der Waals surface area contributed by atoms with Crippen molar-refractivity contribution in [3.63, 3.8) is 0 Å². The highest BCUT2D eigenvalue weighted by molar-refractivity contribution is 5.88. The quantitative estimate of drug-likeness (QED) is 0.388. The predicted molar refractivity (Wildman–Crippen MR) is 138 cm³/mol. The van der Waals surface area contributed by atoms with Crippen molar-refractivity contribution >= 4 is 18.1 Å². The number of carboxylic acid groups (broad SMARTS) is 1. The van der Waals surface area contributed by atoms with Crippen LogP contribution in [0.2, 0.25) is 0 Å². The Labute approximate surface area is 202 Å². The molecule has 2 aromatic carbocycles. The molecule has 0 bridgehead atoms. The van der Waals surface area contributed by atoms with Crippen molar-refractivity contribution in [1.82, 2.24) is 9.97 Å². The van der Waals surface area contributed by atoms with Gasteiger partial charge in [-0.15, -0.1) is 0 Å². The summed E-state index contributed by atoms with van der Waals surface area (Å²) in [5.74, 6) is -0.0945.